The summed E-state index contributed by atoms with van der Waals surface area (Å²) in [5.41, 5.74) is 17.7. The van der Waals surface area contributed by atoms with Gasteiger partial charge < -0.3 is 29.8 Å². The first-order chi connectivity index (χ1) is 43.0. The van der Waals surface area contributed by atoms with Crippen LogP contribution in [-0.4, -0.2) is 80.9 Å². The third-order valence-electron chi connectivity index (χ3n) is 16.0. The average Bonchev–Trinajstić information content (AvgIpc) is 1.88. The van der Waals surface area contributed by atoms with Crippen LogP contribution in [0.25, 0.3) is 61.4 Å². The Hall–Kier alpha value is -10.6. The molecule has 0 atom stereocenters. The summed E-state index contributed by atoms with van der Waals surface area (Å²) in [6.07, 6.45) is 18.0. The van der Waals surface area contributed by atoms with Gasteiger partial charge >= 0.3 is 0 Å². The molecule has 0 unspecified atom stereocenters. The van der Waals surface area contributed by atoms with Crippen molar-refractivity contribution in [3.8, 4) is 45.0 Å². The second-order valence-corrected chi connectivity index (χ2v) is 22.5. The van der Waals surface area contributed by atoms with Gasteiger partial charge in [-0.3, -0.25) is 27.5 Å². The fourth-order valence-electron chi connectivity index (χ4n) is 11.7. The van der Waals surface area contributed by atoms with Crippen LogP contribution in [-0.2, 0) is 39.5 Å². The SMILES string of the molecule is Cc1cn2c(NCc3c(F)ccc4c3CCO4)ncc(-c3cc(C)nn3C)c2n1.Cc1cn2c(NCc3c(F)ccc4c3CCO4)ncc(-c3cn(C(C)C)nc3C)c2n1.Cc1cn2c(NCc3c(F)ccc4occc34)ncc(-c3cccnc3C)c2n1. The number of benzene rings is 3. The van der Waals surface area contributed by atoms with Gasteiger partial charge in [0.05, 0.1) is 59.2 Å². The first-order valence-corrected chi connectivity index (χ1v) is 29.3. The smallest absolute Gasteiger partial charge is 0.208 e. The minimum absolute atomic E-state index is 0.233. The molecule has 13 aromatic rings. The summed E-state index contributed by atoms with van der Waals surface area (Å²) in [6, 6.07) is 17.3. The second-order valence-electron chi connectivity index (χ2n) is 22.5. The van der Waals surface area contributed by atoms with E-state index in [1.165, 1.54) is 18.2 Å². The molecular weight excluding hydrogens is 1140 g/mol. The molecule has 0 bridgehead atoms. The van der Waals surface area contributed by atoms with Crippen molar-refractivity contribution >= 4 is 45.8 Å². The van der Waals surface area contributed by atoms with E-state index >= 15 is 0 Å². The Morgan fingerprint density at radius 2 is 1.03 bits per heavy atom. The van der Waals surface area contributed by atoms with Gasteiger partial charge in [0.25, 0.3) is 0 Å². The molecule has 2 aliphatic heterocycles. The number of imidazole rings is 3. The van der Waals surface area contributed by atoms with Crippen molar-refractivity contribution in [1.82, 2.24) is 67.7 Å². The Labute approximate surface area is 509 Å². The normalized spacial score (nSPS) is 12.5. The van der Waals surface area contributed by atoms with Gasteiger partial charge in [0.2, 0.25) is 17.8 Å². The summed E-state index contributed by atoms with van der Waals surface area (Å²) < 4.78 is 69.4. The lowest BCUT2D eigenvalue weighted by Crippen LogP contribution is -2.10. The number of furan rings is 1. The van der Waals surface area contributed by atoms with Crippen LogP contribution in [0.5, 0.6) is 11.5 Å². The number of halogens is 3. The summed E-state index contributed by atoms with van der Waals surface area (Å²) in [6.45, 7) is 18.0. The standard InChI is InChI=1S/C23H25FN6O.C22H18FN5O.C21H21FN6O/c1-13(2)30-12-19(15(4)28-30)18-10-26-23(29-11-14(3)27-22(18)29)25-9-17-16-7-8-31-21(16)6-5-20(17)24;1-13-12-28-21(27-13)18(15-4-3-8-24-14(15)2)11-26-22(28)25-10-17-16-7-9-29-20(16)6-5-19(17)23;1-12-8-18(27(3)26-12)16-10-24-21(28-11-13(2)25-20(16)28)23-9-15-14-6-7-29-19(14)5-4-17(15)22/h5-6,10-13H,7-9H2,1-4H3,(H,25,26);3-9,11-12H,10H2,1-2H3,(H,25,26);4-5,8,10-11H,6-7,9H2,1-3H3,(H,23,24). The summed E-state index contributed by atoms with van der Waals surface area (Å²) in [5.74, 6) is 2.59. The van der Waals surface area contributed by atoms with E-state index in [0.29, 0.717) is 66.4 Å². The van der Waals surface area contributed by atoms with E-state index in [0.717, 1.165) is 125 Å². The summed E-state index contributed by atoms with van der Waals surface area (Å²) >= 11 is 0. The Kier molecular flexibility index (Phi) is 15.2. The van der Waals surface area contributed by atoms with Crippen LogP contribution in [0.4, 0.5) is 31.0 Å². The van der Waals surface area contributed by atoms with Crippen LogP contribution in [0.15, 0.2) is 121 Å². The molecule has 89 heavy (non-hydrogen) atoms. The molecule has 452 valence electrons. The van der Waals surface area contributed by atoms with Gasteiger partial charge in [0, 0.05) is 156 Å². The number of hydrogen-bond acceptors (Lipinski definition) is 15. The highest BCUT2D eigenvalue weighted by Crippen LogP contribution is 2.35. The Balaban J connectivity index is 0.000000123. The van der Waals surface area contributed by atoms with Gasteiger partial charge in [-0.25, -0.2) is 43.1 Å². The van der Waals surface area contributed by atoms with Crippen molar-refractivity contribution in [3.63, 3.8) is 0 Å². The number of pyridine rings is 1. The third-order valence-corrected chi connectivity index (χ3v) is 16.0. The number of hydrogen-bond donors (Lipinski definition) is 3. The molecule has 0 saturated carbocycles. The minimum Gasteiger partial charge on any atom is -0.493 e. The van der Waals surface area contributed by atoms with Gasteiger partial charge in [-0.1, -0.05) is 6.07 Å². The molecular formula is C66H64F3N17O3. The van der Waals surface area contributed by atoms with Crippen LogP contribution in [0.1, 0.15) is 81.9 Å². The van der Waals surface area contributed by atoms with E-state index in [2.05, 4.69) is 69.9 Å². The lowest BCUT2D eigenvalue weighted by molar-refractivity contribution is 0.356. The number of aryl methyl sites for hydroxylation is 7. The predicted octanol–water partition coefficient (Wildman–Crippen LogP) is 12.8. The minimum atomic E-state index is -0.285. The molecule has 15 rings (SSSR count). The van der Waals surface area contributed by atoms with Crippen molar-refractivity contribution in [3.05, 3.63) is 196 Å². The molecule has 12 heterocycles. The number of rotatable bonds is 13. The van der Waals surface area contributed by atoms with Crippen molar-refractivity contribution in [1.29, 1.82) is 0 Å². The molecule has 0 aliphatic carbocycles. The maximum atomic E-state index is 14.5. The molecule has 20 nitrogen and oxygen atoms in total. The summed E-state index contributed by atoms with van der Waals surface area (Å²) in [5, 5.41) is 19.6. The Morgan fingerprint density at radius 1 is 0.528 bits per heavy atom. The number of anilines is 3. The molecule has 2 aliphatic rings. The number of nitrogens with one attached hydrogen (secondary N) is 3. The summed E-state index contributed by atoms with van der Waals surface area (Å²) in [4.78, 5) is 32.3. The average molecular weight is 1200 g/mol. The second kappa shape index (κ2) is 23.6. The number of ether oxygens (including phenoxy) is 2. The zero-order chi connectivity index (χ0) is 61.8. The van der Waals surface area contributed by atoms with E-state index in [-0.39, 0.29) is 30.0 Å². The van der Waals surface area contributed by atoms with Crippen molar-refractivity contribution in [2.24, 2.45) is 7.05 Å². The summed E-state index contributed by atoms with van der Waals surface area (Å²) in [7, 11) is 1.90. The molecule has 3 N–H and O–H groups in total. The van der Waals surface area contributed by atoms with Crippen LogP contribution in [0.2, 0.25) is 0 Å². The molecule has 3 aromatic carbocycles. The maximum absolute atomic E-state index is 14.5. The van der Waals surface area contributed by atoms with Gasteiger partial charge in [-0.05, 0) is 110 Å². The van der Waals surface area contributed by atoms with E-state index in [9.17, 15) is 13.2 Å². The highest BCUT2D eigenvalue weighted by atomic mass is 19.1. The van der Waals surface area contributed by atoms with E-state index < -0.39 is 0 Å². The molecule has 10 aromatic heterocycles. The fourth-order valence-corrected chi connectivity index (χ4v) is 11.7. The van der Waals surface area contributed by atoms with Crippen LogP contribution < -0.4 is 25.4 Å². The van der Waals surface area contributed by atoms with E-state index in [4.69, 9.17) is 18.9 Å². The molecule has 0 saturated heterocycles. The first kappa shape index (κ1) is 57.5. The third kappa shape index (κ3) is 11.1. The lowest BCUT2D eigenvalue weighted by Gasteiger charge is -2.13. The van der Waals surface area contributed by atoms with Crippen molar-refractivity contribution in [2.75, 3.05) is 29.2 Å². The molecule has 0 amide bonds. The van der Waals surface area contributed by atoms with Crippen LogP contribution >= 0.6 is 0 Å². The molecule has 0 spiro atoms. The largest absolute Gasteiger partial charge is 0.493 e. The fraction of sp³-hybridized carbons (Fsp3) is 0.258. The van der Waals surface area contributed by atoms with E-state index in [1.807, 2.05) is 120 Å². The Morgan fingerprint density at radius 3 is 1.55 bits per heavy atom. The van der Waals surface area contributed by atoms with E-state index in [1.54, 1.807) is 49.1 Å². The van der Waals surface area contributed by atoms with Gasteiger partial charge in [0.1, 0.15) is 45.8 Å². The lowest BCUT2D eigenvalue weighted by atomic mass is 10.0. The molecule has 0 fully saturated rings. The molecule has 0 radical (unpaired) electrons. The van der Waals surface area contributed by atoms with Crippen LogP contribution in [0, 0.1) is 59.0 Å². The van der Waals surface area contributed by atoms with Crippen molar-refractivity contribution < 1.29 is 27.1 Å². The highest BCUT2D eigenvalue weighted by molar-refractivity contribution is 5.83. The first-order valence-electron chi connectivity index (χ1n) is 29.3. The van der Waals surface area contributed by atoms with Gasteiger partial charge in [0.15, 0.2) is 5.65 Å². The molecule has 23 heteroatoms. The predicted molar refractivity (Wildman–Crippen MR) is 334 cm³/mol. The monoisotopic (exact) mass is 1200 g/mol. The van der Waals surface area contributed by atoms with Gasteiger partial charge in [-0.15, -0.1) is 0 Å². The zero-order valence-corrected chi connectivity index (χ0v) is 50.6. The maximum Gasteiger partial charge on any atom is 0.208 e. The Bertz CT molecular complexity index is 4840. The number of aromatic nitrogens is 14. The van der Waals surface area contributed by atoms with Crippen LogP contribution in [0.3, 0.4) is 0 Å². The van der Waals surface area contributed by atoms with Crippen molar-refractivity contribution in [2.45, 2.75) is 93.9 Å². The topological polar surface area (TPSA) is 207 Å². The van der Waals surface area contributed by atoms with Gasteiger partial charge in [-0.2, -0.15) is 10.2 Å². The quantitative estimate of drug-likeness (QED) is 0.0981. The zero-order valence-electron chi connectivity index (χ0n) is 50.6. The number of fused-ring (bicyclic) bond motifs is 6. The highest BCUT2D eigenvalue weighted by Gasteiger charge is 2.24. The number of nitrogens with zero attached hydrogens (tertiary/aromatic N) is 14.